The summed E-state index contributed by atoms with van der Waals surface area (Å²) in [6, 6.07) is 0. The highest BCUT2D eigenvalue weighted by atomic mass is 16.6. The number of ether oxygens (including phenoxy) is 2. The lowest BCUT2D eigenvalue weighted by atomic mass is 10.0. The van der Waals surface area contributed by atoms with Gasteiger partial charge in [0.05, 0.1) is 6.61 Å². The maximum Gasteiger partial charge on any atom is 0.306 e. The second-order valence-electron chi connectivity index (χ2n) is 23.2. The van der Waals surface area contributed by atoms with Crippen LogP contribution < -0.4 is 0 Å². The largest absolute Gasteiger partial charge is 0.462 e. The first kappa shape index (κ1) is 78.3. The Hall–Kier alpha value is -3.70. The zero-order valence-corrected chi connectivity index (χ0v) is 54.0. The summed E-state index contributed by atoms with van der Waals surface area (Å²) in [4.78, 5) is 24.6. The second-order valence-corrected chi connectivity index (χ2v) is 23.2. The van der Waals surface area contributed by atoms with Crippen molar-refractivity contribution in [2.24, 2.45) is 0 Å². The van der Waals surface area contributed by atoms with Gasteiger partial charge in [-0.2, -0.15) is 0 Å². The van der Waals surface area contributed by atoms with Gasteiger partial charge in [0.25, 0.3) is 0 Å². The Balaban J connectivity index is 3.46. The number of carbonyl (C=O) groups excluding carboxylic acids is 2. The molecule has 0 aliphatic carbocycles. The quantitative estimate of drug-likeness (QED) is 0.0373. The van der Waals surface area contributed by atoms with Crippen LogP contribution in [0.2, 0.25) is 0 Å². The van der Waals surface area contributed by atoms with E-state index in [4.69, 9.17) is 9.47 Å². The van der Waals surface area contributed by atoms with E-state index in [1.54, 1.807) is 0 Å². The number of unbranched alkanes of at least 4 members (excludes halogenated alkanes) is 36. The highest BCUT2D eigenvalue weighted by Gasteiger charge is 2.16. The molecule has 5 nitrogen and oxygen atoms in total. The van der Waals surface area contributed by atoms with E-state index in [1.165, 1.54) is 193 Å². The Morgan fingerprint density at radius 3 is 0.793 bits per heavy atom. The van der Waals surface area contributed by atoms with Crippen LogP contribution >= 0.6 is 0 Å². The molecule has 0 rings (SSSR count). The fourth-order valence-electron chi connectivity index (χ4n) is 10.0. The molecule has 0 radical (unpaired) electrons. The SMILES string of the molecule is CC/C=C\C/C=C\C/C=C\C/C=C\C/C=C\C/C=C\C/C=C\CCCCCCCC(=O)OC(CO)COC(=O)CCCCCCCCCCCCCCCCCCCCCCCCCCCC/C=C\C/C=C\C/C=C\CCCCCCC. The molecular formula is C77H132O5. The van der Waals surface area contributed by atoms with Crippen LogP contribution in [0.25, 0.3) is 0 Å². The number of aliphatic hydroxyl groups excluding tert-OH is 1. The molecule has 1 unspecified atom stereocenters. The van der Waals surface area contributed by atoms with E-state index in [1.807, 2.05) is 0 Å². The van der Waals surface area contributed by atoms with E-state index in [0.717, 1.165) is 116 Å². The van der Waals surface area contributed by atoms with Gasteiger partial charge in [0, 0.05) is 12.8 Å². The molecule has 0 aromatic heterocycles. The number of rotatable bonds is 64. The lowest BCUT2D eigenvalue weighted by Gasteiger charge is -2.15. The highest BCUT2D eigenvalue weighted by molar-refractivity contribution is 5.70. The van der Waals surface area contributed by atoms with Crippen molar-refractivity contribution in [3.63, 3.8) is 0 Å². The van der Waals surface area contributed by atoms with Crippen LogP contribution in [0.4, 0.5) is 0 Å². The fourth-order valence-corrected chi connectivity index (χ4v) is 10.0. The third kappa shape index (κ3) is 68.8. The van der Waals surface area contributed by atoms with E-state index in [2.05, 4.69) is 135 Å². The van der Waals surface area contributed by atoms with Crippen molar-refractivity contribution in [3.05, 3.63) is 122 Å². The number of hydrogen-bond donors (Lipinski definition) is 1. The maximum absolute atomic E-state index is 12.3. The molecule has 0 aromatic rings. The minimum atomic E-state index is -0.791. The molecule has 0 aromatic carbocycles. The molecule has 0 saturated carbocycles. The minimum Gasteiger partial charge on any atom is -0.462 e. The molecule has 1 N–H and O–H groups in total. The summed E-state index contributed by atoms with van der Waals surface area (Å²) in [5, 5.41) is 9.69. The lowest BCUT2D eigenvalue weighted by molar-refractivity contribution is -0.161. The number of allylic oxidation sites excluding steroid dienone is 20. The normalized spacial score (nSPS) is 13.0. The molecule has 0 bridgehead atoms. The highest BCUT2D eigenvalue weighted by Crippen LogP contribution is 2.18. The molecule has 0 fully saturated rings. The van der Waals surface area contributed by atoms with Crippen LogP contribution in [0, 0.1) is 0 Å². The van der Waals surface area contributed by atoms with Crippen LogP contribution in [0.5, 0.6) is 0 Å². The summed E-state index contributed by atoms with van der Waals surface area (Å²) in [5.74, 6) is -0.607. The zero-order valence-electron chi connectivity index (χ0n) is 54.0. The Bertz CT molecular complexity index is 1620. The van der Waals surface area contributed by atoms with E-state index in [9.17, 15) is 14.7 Å². The third-order valence-corrected chi connectivity index (χ3v) is 15.2. The van der Waals surface area contributed by atoms with E-state index in [-0.39, 0.29) is 25.2 Å². The van der Waals surface area contributed by atoms with Gasteiger partial charge >= 0.3 is 11.9 Å². The van der Waals surface area contributed by atoms with Crippen molar-refractivity contribution in [1.29, 1.82) is 0 Å². The molecule has 82 heavy (non-hydrogen) atoms. The first-order chi connectivity index (χ1) is 40.6. The Morgan fingerprint density at radius 1 is 0.293 bits per heavy atom. The first-order valence-corrected chi connectivity index (χ1v) is 35.1. The number of carbonyl (C=O) groups is 2. The van der Waals surface area contributed by atoms with Crippen LogP contribution in [0.15, 0.2) is 122 Å². The maximum atomic E-state index is 12.3. The smallest absolute Gasteiger partial charge is 0.306 e. The van der Waals surface area contributed by atoms with Crippen molar-refractivity contribution in [1.82, 2.24) is 0 Å². The predicted molar refractivity (Wildman–Crippen MR) is 362 cm³/mol. The van der Waals surface area contributed by atoms with Gasteiger partial charge in [-0.1, -0.05) is 334 Å². The van der Waals surface area contributed by atoms with Crippen LogP contribution in [-0.2, 0) is 19.1 Å². The van der Waals surface area contributed by atoms with Gasteiger partial charge < -0.3 is 14.6 Å². The summed E-state index contributed by atoms with van der Waals surface area (Å²) in [6.45, 7) is 4.02. The molecule has 470 valence electrons. The van der Waals surface area contributed by atoms with Gasteiger partial charge in [0.1, 0.15) is 6.61 Å². The molecule has 5 heteroatoms. The van der Waals surface area contributed by atoms with Gasteiger partial charge in [0.2, 0.25) is 0 Å². The zero-order chi connectivity index (χ0) is 59.1. The summed E-state index contributed by atoms with van der Waals surface area (Å²) in [5.41, 5.74) is 0. The monoisotopic (exact) mass is 1140 g/mol. The van der Waals surface area contributed by atoms with Gasteiger partial charge in [-0.15, -0.1) is 0 Å². The topological polar surface area (TPSA) is 72.8 Å². The summed E-state index contributed by atoms with van der Waals surface area (Å²) >= 11 is 0. The second kappa shape index (κ2) is 71.6. The lowest BCUT2D eigenvalue weighted by Crippen LogP contribution is -2.28. The Labute approximate surface area is 509 Å². The Morgan fingerprint density at radius 2 is 0.524 bits per heavy atom. The summed E-state index contributed by atoms with van der Waals surface area (Å²) in [7, 11) is 0. The van der Waals surface area contributed by atoms with E-state index in [0.29, 0.717) is 12.8 Å². The first-order valence-electron chi connectivity index (χ1n) is 35.1. The molecule has 0 spiro atoms. The average Bonchev–Trinajstić information content (AvgIpc) is 3.49. The number of esters is 2. The third-order valence-electron chi connectivity index (χ3n) is 15.2. The average molecular weight is 1140 g/mol. The van der Waals surface area contributed by atoms with Crippen molar-refractivity contribution < 1.29 is 24.2 Å². The van der Waals surface area contributed by atoms with Gasteiger partial charge in [-0.25, -0.2) is 0 Å². The van der Waals surface area contributed by atoms with Crippen molar-refractivity contribution in [2.75, 3.05) is 13.2 Å². The molecular weight excluding hydrogens is 1000 g/mol. The predicted octanol–water partition coefficient (Wildman–Crippen LogP) is 24.5. The summed E-state index contributed by atoms with van der Waals surface area (Å²) < 4.78 is 10.7. The van der Waals surface area contributed by atoms with E-state index < -0.39 is 6.10 Å². The van der Waals surface area contributed by atoms with Gasteiger partial charge in [0.15, 0.2) is 6.10 Å². The van der Waals surface area contributed by atoms with Gasteiger partial charge in [-0.3, -0.25) is 9.59 Å². The molecule has 0 saturated heterocycles. The van der Waals surface area contributed by atoms with Crippen LogP contribution in [0.1, 0.15) is 335 Å². The number of aliphatic hydroxyl groups is 1. The number of hydrogen-bond acceptors (Lipinski definition) is 5. The van der Waals surface area contributed by atoms with Crippen LogP contribution in [-0.4, -0.2) is 36.4 Å². The van der Waals surface area contributed by atoms with Crippen LogP contribution in [0.3, 0.4) is 0 Å². The van der Waals surface area contributed by atoms with Crippen molar-refractivity contribution in [3.8, 4) is 0 Å². The van der Waals surface area contributed by atoms with Crippen molar-refractivity contribution >= 4 is 11.9 Å². The molecule has 0 heterocycles. The minimum absolute atomic E-state index is 0.0774. The standard InChI is InChI=1S/C77H132O5/c1-3-5-7-9-11-13-15-17-19-21-23-25-27-29-31-32-33-34-35-36-37-38-39-40-41-42-43-44-46-47-49-51-53-55-57-59-61-63-65-67-69-71-76(79)81-74-75(73-78)82-77(80)72-70-68-66-64-62-60-58-56-54-52-50-48-45-30-28-26-24-22-20-18-16-14-12-10-8-6-4-2/h6,8,12,14-15,17-18,20-21,23-24,26-27,29-30,45,50,52,56,58,75,78H,3-5,7,9-11,13,16,19,22,25,28,31-44,46-49,51,53-55,57,59-74H2,1-2H3/b8-6-,14-12-,17-15-,20-18-,23-21-,26-24-,29-27-,45-30-,52-50-,58-56-. The molecule has 1 atom stereocenters. The van der Waals surface area contributed by atoms with E-state index >= 15 is 0 Å². The molecule has 0 aliphatic heterocycles. The molecule has 0 amide bonds. The molecule has 0 aliphatic rings. The summed E-state index contributed by atoms with van der Waals surface area (Å²) in [6.07, 6.45) is 105. The van der Waals surface area contributed by atoms with Gasteiger partial charge in [-0.05, 0) is 109 Å². The fraction of sp³-hybridized carbons (Fsp3) is 0.714. The Kier molecular flexibility index (Phi) is 68.3. The van der Waals surface area contributed by atoms with Crippen molar-refractivity contribution in [2.45, 2.75) is 341 Å².